The third-order valence-corrected chi connectivity index (χ3v) is 5.13. The summed E-state index contributed by atoms with van der Waals surface area (Å²) in [5, 5.41) is 3.20. The van der Waals surface area contributed by atoms with Crippen LogP contribution in [0.3, 0.4) is 0 Å². The van der Waals surface area contributed by atoms with Crippen LogP contribution in [0.2, 0.25) is 0 Å². The number of piperidine rings is 1. The number of carbonyl (C=O) groups excluding carboxylic acids is 1. The van der Waals surface area contributed by atoms with Gasteiger partial charge in [0.05, 0.1) is 32.7 Å². The van der Waals surface area contributed by atoms with Crippen LogP contribution in [0.4, 0.5) is 5.82 Å². The summed E-state index contributed by atoms with van der Waals surface area (Å²) >= 11 is 0. The van der Waals surface area contributed by atoms with E-state index in [-0.39, 0.29) is 5.91 Å². The first-order valence-electron chi connectivity index (χ1n) is 9.43. The van der Waals surface area contributed by atoms with Gasteiger partial charge in [-0.3, -0.25) is 4.79 Å². The van der Waals surface area contributed by atoms with E-state index in [0.717, 1.165) is 11.3 Å². The molecule has 148 valence electrons. The average Bonchev–Trinajstić information content (AvgIpc) is 3.21. The van der Waals surface area contributed by atoms with Gasteiger partial charge in [-0.25, -0.2) is 9.97 Å². The predicted octanol–water partition coefficient (Wildman–Crippen LogP) is 2.08. The molecule has 0 unspecified atom stereocenters. The van der Waals surface area contributed by atoms with Gasteiger partial charge in [0.1, 0.15) is 17.3 Å². The summed E-state index contributed by atoms with van der Waals surface area (Å²) in [7, 11) is 1.64. The molecule has 1 aromatic heterocycles. The quantitative estimate of drug-likeness (QED) is 0.845. The highest BCUT2D eigenvalue weighted by Crippen LogP contribution is 2.31. The summed E-state index contributed by atoms with van der Waals surface area (Å²) in [6.07, 6.45) is 4.48. The van der Waals surface area contributed by atoms with E-state index in [4.69, 9.17) is 14.2 Å². The number of hydrogen-bond donors (Lipinski definition) is 1. The summed E-state index contributed by atoms with van der Waals surface area (Å²) in [4.78, 5) is 23.0. The lowest BCUT2D eigenvalue weighted by Gasteiger charge is -2.37. The maximum Gasteiger partial charge on any atom is 0.274 e. The third kappa shape index (κ3) is 4.07. The van der Waals surface area contributed by atoms with Crippen LogP contribution >= 0.6 is 0 Å². The number of benzene rings is 1. The van der Waals surface area contributed by atoms with E-state index >= 15 is 0 Å². The van der Waals surface area contributed by atoms with Crippen LogP contribution in [0.1, 0.15) is 28.9 Å². The first-order chi connectivity index (χ1) is 13.7. The maximum absolute atomic E-state index is 12.7. The van der Waals surface area contributed by atoms with Crippen molar-refractivity contribution in [3.05, 3.63) is 47.9 Å². The number of likely N-dealkylation sites (tertiary alicyclic amines) is 1. The Morgan fingerprint density at radius 3 is 2.46 bits per heavy atom. The number of rotatable bonds is 5. The number of hydrogen-bond acceptors (Lipinski definition) is 7. The average molecular weight is 384 g/mol. The summed E-state index contributed by atoms with van der Waals surface area (Å²) < 4.78 is 16.6. The van der Waals surface area contributed by atoms with Crippen molar-refractivity contribution in [2.45, 2.75) is 25.2 Å². The molecule has 2 aromatic rings. The minimum Gasteiger partial charge on any atom is -0.497 e. The smallest absolute Gasteiger partial charge is 0.274 e. The molecule has 1 N–H and O–H groups in total. The molecule has 2 aliphatic heterocycles. The topological polar surface area (TPSA) is 85.8 Å². The lowest BCUT2D eigenvalue weighted by molar-refractivity contribution is -0.181. The van der Waals surface area contributed by atoms with Crippen molar-refractivity contribution < 1.29 is 19.0 Å². The molecule has 28 heavy (non-hydrogen) atoms. The van der Waals surface area contributed by atoms with E-state index in [2.05, 4.69) is 15.3 Å². The van der Waals surface area contributed by atoms with Gasteiger partial charge in [-0.05, 0) is 17.7 Å². The molecule has 0 aliphatic carbocycles. The molecule has 1 amide bonds. The number of aromatic nitrogens is 2. The number of ether oxygens (including phenoxy) is 3. The Bertz CT molecular complexity index is 794. The van der Waals surface area contributed by atoms with Gasteiger partial charge in [-0.2, -0.15) is 0 Å². The minimum absolute atomic E-state index is 0.109. The van der Waals surface area contributed by atoms with Gasteiger partial charge in [0.15, 0.2) is 5.79 Å². The number of nitrogens with zero attached hydrogens (tertiary/aromatic N) is 3. The van der Waals surface area contributed by atoms with Crippen LogP contribution in [-0.4, -0.2) is 60.0 Å². The van der Waals surface area contributed by atoms with Gasteiger partial charge in [-0.15, -0.1) is 0 Å². The SMILES string of the molecule is COc1ccc(CNc2cnc(C(=O)N3CCC4(CC3)OCCO4)cn2)cc1. The molecule has 0 saturated carbocycles. The van der Waals surface area contributed by atoms with Crippen molar-refractivity contribution in [3.8, 4) is 5.75 Å². The van der Waals surface area contributed by atoms with Gasteiger partial charge >= 0.3 is 0 Å². The van der Waals surface area contributed by atoms with Crippen molar-refractivity contribution in [1.82, 2.24) is 14.9 Å². The Morgan fingerprint density at radius 2 is 1.86 bits per heavy atom. The number of amides is 1. The first kappa shape index (κ1) is 18.6. The van der Waals surface area contributed by atoms with E-state index in [9.17, 15) is 4.79 Å². The van der Waals surface area contributed by atoms with Crippen molar-refractivity contribution >= 4 is 11.7 Å². The van der Waals surface area contributed by atoms with Crippen LogP contribution in [0.15, 0.2) is 36.7 Å². The number of nitrogens with one attached hydrogen (secondary N) is 1. The molecule has 1 spiro atoms. The second-order valence-corrected chi connectivity index (χ2v) is 6.89. The summed E-state index contributed by atoms with van der Waals surface area (Å²) in [6.45, 7) is 3.06. The van der Waals surface area contributed by atoms with Crippen LogP contribution in [0.5, 0.6) is 5.75 Å². The van der Waals surface area contributed by atoms with Crippen LogP contribution in [0, 0.1) is 0 Å². The summed E-state index contributed by atoms with van der Waals surface area (Å²) in [5.41, 5.74) is 1.44. The zero-order valence-electron chi connectivity index (χ0n) is 15.9. The fourth-order valence-corrected chi connectivity index (χ4v) is 3.46. The zero-order chi connectivity index (χ0) is 19.4. The third-order valence-electron chi connectivity index (χ3n) is 5.13. The molecule has 8 nitrogen and oxygen atoms in total. The molecule has 0 bridgehead atoms. The molecule has 8 heteroatoms. The zero-order valence-corrected chi connectivity index (χ0v) is 15.9. The normalized spacial score (nSPS) is 18.2. The molecule has 0 atom stereocenters. The highest BCUT2D eigenvalue weighted by Gasteiger charge is 2.41. The van der Waals surface area contributed by atoms with E-state index in [1.165, 1.54) is 6.20 Å². The Hall–Kier alpha value is -2.71. The second-order valence-electron chi connectivity index (χ2n) is 6.89. The van der Waals surface area contributed by atoms with Crippen LogP contribution < -0.4 is 10.1 Å². The van der Waals surface area contributed by atoms with Gasteiger partial charge in [0.2, 0.25) is 0 Å². The minimum atomic E-state index is -0.488. The number of methoxy groups -OCH3 is 1. The molecule has 1 aromatic carbocycles. The number of carbonyl (C=O) groups is 1. The Balaban J connectivity index is 1.30. The largest absolute Gasteiger partial charge is 0.497 e. The lowest BCUT2D eigenvalue weighted by Crippen LogP contribution is -2.47. The van der Waals surface area contributed by atoms with E-state index < -0.39 is 5.79 Å². The monoisotopic (exact) mass is 384 g/mol. The summed E-state index contributed by atoms with van der Waals surface area (Å²) in [5.74, 6) is 0.846. The molecule has 3 heterocycles. The van der Waals surface area contributed by atoms with Gasteiger partial charge < -0.3 is 24.4 Å². The standard InChI is InChI=1S/C20H24N4O4/c1-26-16-4-2-15(3-5-16)12-22-18-14-21-17(13-23-18)19(25)24-8-6-20(7-9-24)27-10-11-28-20/h2-5,13-14H,6-12H2,1H3,(H,22,23). The second kappa shape index (κ2) is 8.12. The molecule has 2 saturated heterocycles. The molecular formula is C20H24N4O4. The highest BCUT2D eigenvalue weighted by atomic mass is 16.7. The van der Waals surface area contributed by atoms with Crippen molar-refractivity contribution in [2.24, 2.45) is 0 Å². The predicted molar refractivity (Wildman–Crippen MR) is 102 cm³/mol. The van der Waals surface area contributed by atoms with Crippen LogP contribution in [-0.2, 0) is 16.0 Å². The molecule has 2 aliphatic rings. The molecule has 0 radical (unpaired) electrons. The van der Waals surface area contributed by atoms with Gasteiger partial charge in [0.25, 0.3) is 5.91 Å². The maximum atomic E-state index is 12.7. The van der Waals surface area contributed by atoms with Gasteiger partial charge in [-0.1, -0.05) is 12.1 Å². The van der Waals surface area contributed by atoms with E-state index in [1.54, 1.807) is 18.2 Å². The van der Waals surface area contributed by atoms with Gasteiger partial charge in [0, 0.05) is 32.5 Å². The van der Waals surface area contributed by atoms with E-state index in [0.29, 0.717) is 57.2 Å². The molecule has 2 fully saturated rings. The number of anilines is 1. The molecular weight excluding hydrogens is 360 g/mol. The Morgan fingerprint density at radius 1 is 1.14 bits per heavy atom. The van der Waals surface area contributed by atoms with Crippen LogP contribution in [0.25, 0.3) is 0 Å². The highest BCUT2D eigenvalue weighted by molar-refractivity contribution is 5.92. The first-order valence-corrected chi connectivity index (χ1v) is 9.43. The van der Waals surface area contributed by atoms with Crippen molar-refractivity contribution in [3.63, 3.8) is 0 Å². The fraction of sp³-hybridized carbons (Fsp3) is 0.450. The summed E-state index contributed by atoms with van der Waals surface area (Å²) in [6, 6.07) is 7.79. The van der Waals surface area contributed by atoms with Crippen molar-refractivity contribution in [2.75, 3.05) is 38.7 Å². The Kier molecular flexibility index (Phi) is 5.40. The molecule has 4 rings (SSSR count). The fourth-order valence-electron chi connectivity index (χ4n) is 3.46. The lowest BCUT2D eigenvalue weighted by atomic mass is 10.0. The Labute approximate surface area is 163 Å². The van der Waals surface area contributed by atoms with Crippen molar-refractivity contribution in [1.29, 1.82) is 0 Å². The van der Waals surface area contributed by atoms with E-state index in [1.807, 2.05) is 24.3 Å².